The zero-order valence-corrected chi connectivity index (χ0v) is 13.0. The molecule has 1 atom stereocenters. The first-order valence-corrected chi connectivity index (χ1v) is 7.49. The Morgan fingerprint density at radius 1 is 1.44 bits per heavy atom. The molecule has 1 aliphatic heterocycles. The fraction of sp³-hybridized carbons (Fsp3) is 0.600. The van der Waals surface area contributed by atoms with Gasteiger partial charge in [-0.05, 0) is 56.9 Å². The Kier molecular flexibility index (Phi) is 4.33. The van der Waals surface area contributed by atoms with E-state index in [1.54, 1.807) is 0 Å². The molecule has 0 amide bonds. The van der Waals surface area contributed by atoms with Gasteiger partial charge in [0, 0.05) is 16.7 Å². The molecule has 0 bridgehead atoms. The van der Waals surface area contributed by atoms with Crippen molar-refractivity contribution >= 4 is 21.6 Å². The molecule has 2 rings (SSSR count). The maximum absolute atomic E-state index is 6.00. The van der Waals surface area contributed by atoms with Gasteiger partial charge < -0.3 is 10.1 Å². The van der Waals surface area contributed by atoms with Gasteiger partial charge in [-0.2, -0.15) is 0 Å². The van der Waals surface area contributed by atoms with Crippen molar-refractivity contribution in [2.75, 3.05) is 11.9 Å². The number of ether oxygens (including phenoxy) is 1. The molecule has 2 nitrogen and oxygen atoms in total. The number of halogens is 1. The van der Waals surface area contributed by atoms with Crippen LogP contribution < -0.4 is 5.32 Å². The van der Waals surface area contributed by atoms with Crippen LogP contribution in [0.4, 0.5) is 5.69 Å². The molecular formula is C15H22BrNO. The molecule has 1 aliphatic rings. The maximum atomic E-state index is 6.00. The Labute approximate surface area is 118 Å². The second kappa shape index (κ2) is 5.62. The van der Waals surface area contributed by atoms with E-state index >= 15 is 0 Å². The third-order valence-corrected chi connectivity index (χ3v) is 4.02. The number of rotatable bonds is 4. The van der Waals surface area contributed by atoms with Gasteiger partial charge in [-0.1, -0.05) is 22.9 Å². The summed E-state index contributed by atoms with van der Waals surface area (Å²) < 4.78 is 7.14. The Morgan fingerprint density at radius 2 is 2.22 bits per heavy atom. The Morgan fingerprint density at radius 3 is 2.83 bits per heavy atom. The SMILES string of the molecule is CCc1cc(Br)ccc1NCC1CCC(C)(C)O1. The Hall–Kier alpha value is -0.540. The molecular weight excluding hydrogens is 290 g/mol. The summed E-state index contributed by atoms with van der Waals surface area (Å²) in [6, 6.07) is 6.41. The summed E-state index contributed by atoms with van der Waals surface area (Å²) in [6.45, 7) is 7.42. The van der Waals surface area contributed by atoms with Crippen molar-refractivity contribution in [3.8, 4) is 0 Å². The second-order valence-corrected chi connectivity index (χ2v) is 6.49. The summed E-state index contributed by atoms with van der Waals surface area (Å²) >= 11 is 3.52. The molecule has 1 aromatic rings. The highest BCUT2D eigenvalue weighted by Gasteiger charge is 2.31. The van der Waals surface area contributed by atoms with E-state index in [0.717, 1.165) is 30.3 Å². The molecule has 1 heterocycles. The number of hydrogen-bond acceptors (Lipinski definition) is 2. The van der Waals surface area contributed by atoms with Crippen LogP contribution in [0.2, 0.25) is 0 Å². The van der Waals surface area contributed by atoms with Gasteiger partial charge >= 0.3 is 0 Å². The van der Waals surface area contributed by atoms with E-state index in [9.17, 15) is 0 Å². The third-order valence-electron chi connectivity index (χ3n) is 3.52. The number of aryl methyl sites for hydroxylation is 1. The van der Waals surface area contributed by atoms with Crippen LogP contribution in [-0.4, -0.2) is 18.2 Å². The van der Waals surface area contributed by atoms with Gasteiger partial charge in [0.2, 0.25) is 0 Å². The van der Waals surface area contributed by atoms with Gasteiger partial charge in [0.15, 0.2) is 0 Å². The minimum atomic E-state index is 0.0552. The molecule has 1 aromatic carbocycles. The van der Waals surface area contributed by atoms with E-state index in [-0.39, 0.29) is 5.60 Å². The van der Waals surface area contributed by atoms with Gasteiger partial charge in [-0.25, -0.2) is 0 Å². The molecule has 0 saturated carbocycles. The highest BCUT2D eigenvalue weighted by atomic mass is 79.9. The molecule has 0 aliphatic carbocycles. The number of benzene rings is 1. The van der Waals surface area contributed by atoms with Gasteiger partial charge in [0.25, 0.3) is 0 Å². The fourth-order valence-electron chi connectivity index (χ4n) is 2.47. The van der Waals surface area contributed by atoms with Crippen LogP contribution in [0.5, 0.6) is 0 Å². The lowest BCUT2D eigenvalue weighted by Crippen LogP contribution is -2.25. The lowest BCUT2D eigenvalue weighted by Gasteiger charge is -2.20. The predicted octanol–water partition coefficient (Wildman–Crippen LogP) is 4.38. The minimum absolute atomic E-state index is 0.0552. The van der Waals surface area contributed by atoms with Crippen LogP contribution >= 0.6 is 15.9 Å². The first-order chi connectivity index (χ1) is 8.50. The van der Waals surface area contributed by atoms with Crippen LogP contribution in [0.3, 0.4) is 0 Å². The van der Waals surface area contributed by atoms with Crippen molar-refractivity contribution in [2.45, 2.75) is 51.7 Å². The average Bonchev–Trinajstić information content (AvgIpc) is 2.67. The fourth-order valence-corrected chi connectivity index (χ4v) is 2.88. The Bertz CT molecular complexity index is 417. The predicted molar refractivity (Wildman–Crippen MR) is 80.2 cm³/mol. The monoisotopic (exact) mass is 311 g/mol. The van der Waals surface area contributed by atoms with Crippen LogP contribution in [0.1, 0.15) is 39.2 Å². The topological polar surface area (TPSA) is 21.3 Å². The number of hydrogen-bond donors (Lipinski definition) is 1. The largest absolute Gasteiger partial charge is 0.382 e. The van der Waals surface area contributed by atoms with Crippen molar-refractivity contribution in [1.29, 1.82) is 0 Å². The van der Waals surface area contributed by atoms with Crippen molar-refractivity contribution in [3.63, 3.8) is 0 Å². The highest BCUT2D eigenvalue weighted by Crippen LogP contribution is 2.30. The normalized spacial score (nSPS) is 22.1. The van der Waals surface area contributed by atoms with Crippen LogP contribution in [0.15, 0.2) is 22.7 Å². The van der Waals surface area contributed by atoms with E-state index in [0.29, 0.717) is 6.10 Å². The Balaban J connectivity index is 1.94. The van der Waals surface area contributed by atoms with E-state index < -0.39 is 0 Å². The van der Waals surface area contributed by atoms with Crippen molar-refractivity contribution < 1.29 is 4.74 Å². The summed E-state index contributed by atoms with van der Waals surface area (Å²) in [7, 11) is 0. The molecule has 0 aromatic heterocycles. The second-order valence-electron chi connectivity index (χ2n) is 5.57. The van der Waals surface area contributed by atoms with E-state index in [1.165, 1.54) is 11.3 Å². The van der Waals surface area contributed by atoms with Crippen LogP contribution in [0, 0.1) is 0 Å². The standard InChI is InChI=1S/C15H22BrNO/c1-4-11-9-12(16)5-6-14(11)17-10-13-7-8-15(2,3)18-13/h5-6,9,13,17H,4,7-8,10H2,1-3H3. The van der Waals surface area contributed by atoms with E-state index in [4.69, 9.17) is 4.74 Å². The summed E-state index contributed by atoms with van der Waals surface area (Å²) in [6.07, 6.45) is 3.69. The number of anilines is 1. The van der Waals surface area contributed by atoms with Crippen LogP contribution in [0.25, 0.3) is 0 Å². The smallest absolute Gasteiger partial charge is 0.0755 e. The number of nitrogens with one attached hydrogen (secondary N) is 1. The molecule has 0 radical (unpaired) electrons. The van der Waals surface area contributed by atoms with Crippen LogP contribution in [-0.2, 0) is 11.2 Å². The molecule has 3 heteroatoms. The highest BCUT2D eigenvalue weighted by molar-refractivity contribution is 9.10. The van der Waals surface area contributed by atoms with E-state index in [2.05, 4.69) is 60.2 Å². The maximum Gasteiger partial charge on any atom is 0.0755 e. The lowest BCUT2D eigenvalue weighted by atomic mass is 10.1. The average molecular weight is 312 g/mol. The summed E-state index contributed by atoms with van der Waals surface area (Å²) in [5.74, 6) is 0. The molecule has 1 unspecified atom stereocenters. The zero-order valence-electron chi connectivity index (χ0n) is 11.4. The van der Waals surface area contributed by atoms with Gasteiger partial charge in [0.1, 0.15) is 0 Å². The molecule has 1 saturated heterocycles. The first kappa shape index (κ1) is 13.9. The molecule has 1 N–H and O–H groups in total. The molecule has 0 spiro atoms. The summed E-state index contributed by atoms with van der Waals surface area (Å²) in [5.41, 5.74) is 2.63. The third kappa shape index (κ3) is 3.48. The molecule has 100 valence electrons. The molecule has 18 heavy (non-hydrogen) atoms. The first-order valence-electron chi connectivity index (χ1n) is 6.70. The van der Waals surface area contributed by atoms with Gasteiger partial charge in [0.05, 0.1) is 11.7 Å². The summed E-state index contributed by atoms with van der Waals surface area (Å²) in [4.78, 5) is 0. The van der Waals surface area contributed by atoms with Gasteiger partial charge in [-0.15, -0.1) is 0 Å². The minimum Gasteiger partial charge on any atom is -0.382 e. The zero-order chi connectivity index (χ0) is 13.2. The van der Waals surface area contributed by atoms with Crippen molar-refractivity contribution in [3.05, 3.63) is 28.2 Å². The van der Waals surface area contributed by atoms with Gasteiger partial charge in [-0.3, -0.25) is 0 Å². The summed E-state index contributed by atoms with van der Waals surface area (Å²) in [5, 5.41) is 3.53. The van der Waals surface area contributed by atoms with E-state index in [1.807, 2.05) is 0 Å². The quantitative estimate of drug-likeness (QED) is 0.891. The molecule has 1 fully saturated rings. The van der Waals surface area contributed by atoms with Crippen molar-refractivity contribution in [2.24, 2.45) is 0 Å². The van der Waals surface area contributed by atoms with Crippen molar-refractivity contribution in [1.82, 2.24) is 0 Å². The lowest BCUT2D eigenvalue weighted by molar-refractivity contribution is -0.00911.